The van der Waals surface area contributed by atoms with Gasteiger partial charge in [-0.25, -0.2) is 8.78 Å². The zero-order chi connectivity index (χ0) is 21.9. The molecule has 0 aliphatic carbocycles. The fourth-order valence-corrected chi connectivity index (χ4v) is 3.89. The van der Waals surface area contributed by atoms with Gasteiger partial charge in [0.25, 0.3) is 0 Å². The van der Waals surface area contributed by atoms with Gasteiger partial charge in [-0.3, -0.25) is 14.5 Å². The number of hydrogen-bond acceptors (Lipinski definition) is 3. The van der Waals surface area contributed by atoms with Crippen LogP contribution in [-0.4, -0.2) is 53.8 Å². The molecule has 5 nitrogen and oxygen atoms in total. The summed E-state index contributed by atoms with van der Waals surface area (Å²) in [4.78, 5) is 28.6. The quantitative estimate of drug-likeness (QED) is 0.588. The molecule has 1 fully saturated rings. The van der Waals surface area contributed by atoms with Crippen LogP contribution in [0.5, 0.6) is 0 Å². The van der Waals surface area contributed by atoms with E-state index in [2.05, 4.69) is 24.1 Å². The third kappa shape index (κ3) is 8.01. The number of hydrogen-bond donors (Lipinski definition) is 1. The minimum atomic E-state index is -0.828. The summed E-state index contributed by atoms with van der Waals surface area (Å²) in [6.45, 7) is 7.85. The number of nitrogens with zero attached hydrogens (tertiary/aromatic N) is 2. The van der Waals surface area contributed by atoms with E-state index in [1.54, 1.807) is 6.07 Å². The predicted molar refractivity (Wildman–Crippen MR) is 114 cm³/mol. The molecule has 1 aliphatic rings. The monoisotopic (exact) mass is 423 g/mol. The third-order valence-corrected chi connectivity index (χ3v) is 5.48. The van der Waals surface area contributed by atoms with E-state index < -0.39 is 11.6 Å². The first-order valence-electron chi connectivity index (χ1n) is 11.2. The Morgan fingerprint density at radius 3 is 2.33 bits per heavy atom. The number of nitrogens with one attached hydrogen (secondary N) is 1. The Labute approximate surface area is 178 Å². The van der Waals surface area contributed by atoms with Crippen molar-refractivity contribution in [3.8, 4) is 0 Å². The highest BCUT2D eigenvalue weighted by molar-refractivity contribution is 5.79. The molecule has 0 aromatic heterocycles. The maximum Gasteiger partial charge on any atom is 0.222 e. The summed E-state index contributed by atoms with van der Waals surface area (Å²) in [6.07, 6.45) is 4.91. The van der Waals surface area contributed by atoms with Gasteiger partial charge in [0.2, 0.25) is 11.8 Å². The number of carbonyl (C=O) groups excluding carboxylic acids is 2. The SMILES string of the molecule is CCCN(CCC)C(=O)CCCC(=O)NC1CCN(Cc2ccc(F)c(F)c2)CC1. The molecule has 168 valence electrons. The predicted octanol–water partition coefficient (Wildman–Crippen LogP) is 3.86. The van der Waals surface area contributed by atoms with Gasteiger partial charge in [0, 0.05) is 51.6 Å². The van der Waals surface area contributed by atoms with Crippen molar-refractivity contribution in [1.29, 1.82) is 0 Å². The number of benzene rings is 1. The van der Waals surface area contributed by atoms with Gasteiger partial charge in [0.05, 0.1) is 0 Å². The van der Waals surface area contributed by atoms with Crippen LogP contribution in [-0.2, 0) is 16.1 Å². The smallest absolute Gasteiger partial charge is 0.222 e. The molecule has 2 amide bonds. The Morgan fingerprint density at radius 2 is 1.73 bits per heavy atom. The molecule has 2 rings (SSSR count). The highest BCUT2D eigenvalue weighted by Gasteiger charge is 2.21. The average Bonchev–Trinajstić information content (AvgIpc) is 2.72. The van der Waals surface area contributed by atoms with Gasteiger partial charge in [-0.1, -0.05) is 19.9 Å². The summed E-state index contributed by atoms with van der Waals surface area (Å²) in [7, 11) is 0. The van der Waals surface area contributed by atoms with E-state index in [0.29, 0.717) is 25.8 Å². The molecule has 1 N–H and O–H groups in total. The lowest BCUT2D eigenvalue weighted by Gasteiger charge is -2.32. The summed E-state index contributed by atoms with van der Waals surface area (Å²) >= 11 is 0. The molecular formula is C23H35F2N3O2. The molecule has 1 aliphatic heterocycles. The Kier molecular flexibility index (Phi) is 10.2. The van der Waals surface area contributed by atoms with Crippen molar-refractivity contribution >= 4 is 11.8 Å². The molecule has 0 saturated carbocycles. The molecule has 0 atom stereocenters. The van der Waals surface area contributed by atoms with Crippen LogP contribution in [0.2, 0.25) is 0 Å². The zero-order valence-corrected chi connectivity index (χ0v) is 18.3. The van der Waals surface area contributed by atoms with Gasteiger partial charge in [-0.15, -0.1) is 0 Å². The molecule has 1 heterocycles. The molecule has 0 unspecified atom stereocenters. The van der Waals surface area contributed by atoms with Crippen molar-refractivity contribution in [3.63, 3.8) is 0 Å². The molecule has 1 aromatic carbocycles. The van der Waals surface area contributed by atoms with Gasteiger partial charge in [-0.2, -0.15) is 0 Å². The molecule has 1 aromatic rings. The van der Waals surface area contributed by atoms with E-state index in [1.807, 2.05) is 4.90 Å². The summed E-state index contributed by atoms with van der Waals surface area (Å²) in [5, 5.41) is 3.07. The van der Waals surface area contributed by atoms with E-state index in [0.717, 1.165) is 63.5 Å². The number of piperidine rings is 1. The summed E-state index contributed by atoms with van der Waals surface area (Å²) < 4.78 is 26.4. The first-order chi connectivity index (χ1) is 14.4. The van der Waals surface area contributed by atoms with Gasteiger partial charge < -0.3 is 10.2 Å². The van der Waals surface area contributed by atoms with Crippen molar-refractivity contribution in [2.24, 2.45) is 0 Å². The normalized spacial score (nSPS) is 15.2. The number of rotatable bonds is 11. The fraction of sp³-hybridized carbons (Fsp3) is 0.652. The van der Waals surface area contributed by atoms with Crippen molar-refractivity contribution in [2.75, 3.05) is 26.2 Å². The van der Waals surface area contributed by atoms with Crippen LogP contribution in [0, 0.1) is 11.6 Å². The first kappa shape index (κ1) is 24.3. The third-order valence-electron chi connectivity index (χ3n) is 5.48. The highest BCUT2D eigenvalue weighted by atomic mass is 19.2. The summed E-state index contributed by atoms with van der Waals surface area (Å²) in [6, 6.07) is 4.14. The van der Waals surface area contributed by atoms with Crippen LogP contribution in [0.25, 0.3) is 0 Å². The molecule has 0 bridgehead atoms. The zero-order valence-electron chi connectivity index (χ0n) is 18.3. The topological polar surface area (TPSA) is 52.7 Å². The standard InChI is InChI=1S/C23H35F2N3O2/c1-3-12-28(13-4-2)23(30)7-5-6-22(29)26-19-10-14-27(15-11-19)17-18-8-9-20(24)21(25)16-18/h8-9,16,19H,3-7,10-15,17H2,1-2H3,(H,26,29). The second-order valence-corrected chi connectivity index (χ2v) is 8.10. The molecule has 1 saturated heterocycles. The molecular weight excluding hydrogens is 388 g/mol. The number of likely N-dealkylation sites (tertiary alicyclic amines) is 1. The molecule has 0 radical (unpaired) electrons. The van der Waals surface area contributed by atoms with Gasteiger partial charge in [-0.05, 0) is 49.8 Å². The summed E-state index contributed by atoms with van der Waals surface area (Å²) in [5.74, 6) is -1.51. The molecule has 0 spiro atoms. The second-order valence-electron chi connectivity index (χ2n) is 8.10. The van der Waals surface area contributed by atoms with E-state index >= 15 is 0 Å². The Hall–Kier alpha value is -2.02. The van der Waals surface area contributed by atoms with E-state index in [1.165, 1.54) is 6.07 Å². The fourth-order valence-electron chi connectivity index (χ4n) is 3.89. The van der Waals surface area contributed by atoms with E-state index in [-0.39, 0.29) is 17.9 Å². The lowest BCUT2D eigenvalue weighted by Crippen LogP contribution is -2.44. The van der Waals surface area contributed by atoms with Crippen molar-refractivity contribution < 1.29 is 18.4 Å². The number of amides is 2. The van der Waals surface area contributed by atoms with Crippen molar-refractivity contribution in [3.05, 3.63) is 35.4 Å². The molecule has 7 heteroatoms. The maximum absolute atomic E-state index is 13.3. The molecule has 30 heavy (non-hydrogen) atoms. The maximum atomic E-state index is 13.3. The van der Waals surface area contributed by atoms with Crippen molar-refractivity contribution in [2.45, 2.75) is 71.4 Å². The lowest BCUT2D eigenvalue weighted by molar-refractivity contribution is -0.131. The Bertz CT molecular complexity index is 685. The van der Waals surface area contributed by atoms with Crippen LogP contribution in [0.15, 0.2) is 18.2 Å². The Balaban J connectivity index is 1.65. The van der Waals surface area contributed by atoms with Crippen LogP contribution < -0.4 is 5.32 Å². The van der Waals surface area contributed by atoms with Crippen molar-refractivity contribution in [1.82, 2.24) is 15.1 Å². The average molecular weight is 424 g/mol. The lowest BCUT2D eigenvalue weighted by atomic mass is 10.0. The van der Waals surface area contributed by atoms with E-state index in [9.17, 15) is 18.4 Å². The van der Waals surface area contributed by atoms with Crippen LogP contribution in [0.4, 0.5) is 8.78 Å². The van der Waals surface area contributed by atoms with Crippen LogP contribution in [0.3, 0.4) is 0 Å². The number of carbonyl (C=O) groups is 2. The number of halogens is 2. The van der Waals surface area contributed by atoms with Gasteiger partial charge >= 0.3 is 0 Å². The Morgan fingerprint density at radius 1 is 1.07 bits per heavy atom. The second kappa shape index (κ2) is 12.6. The summed E-state index contributed by atoms with van der Waals surface area (Å²) in [5.41, 5.74) is 0.751. The minimum absolute atomic E-state index is 0.000566. The van der Waals surface area contributed by atoms with Gasteiger partial charge in [0.15, 0.2) is 11.6 Å². The highest BCUT2D eigenvalue weighted by Crippen LogP contribution is 2.16. The largest absolute Gasteiger partial charge is 0.353 e. The van der Waals surface area contributed by atoms with Crippen LogP contribution in [0.1, 0.15) is 64.4 Å². The van der Waals surface area contributed by atoms with Gasteiger partial charge in [0.1, 0.15) is 0 Å². The van der Waals surface area contributed by atoms with Crippen LogP contribution >= 0.6 is 0 Å². The van der Waals surface area contributed by atoms with E-state index in [4.69, 9.17) is 0 Å². The first-order valence-corrected chi connectivity index (χ1v) is 11.2. The minimum Gasteiger partial charge on any atom is -0.353 e.